The Labute approximate surface area is 102 Å². The quantitative estimate of drug-likeness (QED) is 0.870. The number of hydrogen-bond acceptors (Lipinski definition) is 3. The predicted molar refractivity (Wildman–Crippen MR) is 67.3 cm³/mol. The maximum Gasteiger partial charge on any atom is 0.288 e. The maximum absolute atomic E-state index is 5.83. The van der Waals surface area contributed by atoms with Gasteiger partial charge in [-0.15, -0.1) is 0 Å². The first kappa shape index (κ1) is 11.8. The van der Waals surface area contributed by atoms with Crippen LogP contribution in [0.1, 0.15) is 19.4 Å². The molecule has 4 nitrogen and oxygen atoms in total. The zero-order chi connectivity index (χ0) is 12.3. The Morgan fingerprint density at radius 3 is 2.88 bits per heavy atom. The predicted octanol–water partition coefficient (Wildman–Crippen LogP) is 2.08. The largest absolute Gasteiger partial charge is 0.452 e. The summed E-state index contributed by atoms with van der Waals surface area (Å²) in [7, 11) is 0. The molecular weight excluding hydrogens is 216 g/mol. The summed E-state index contributed by atoms with van der Waals surface area (Å²) in [5.41, 5.74) is 1.10. The number of para-hydroxylation sites is 1. The van der Waals surface area contributed by atoms with Gasteiger partial charge in [-0.3, -0.25) is 0 Å². The van der Waals surface area contributed by atoms with Crippen LogP contribution < -0.4 is 10.1 Å². The van der Waals surface area contributed by atoms with Gasteiger partial charge in [0.1, 0.15) is 11.8 Å². The van der Waals surface area contributed by atoms with E-state index in [9.17, 15) is 0 Å². The normalized spacial score (nSPS) is 25.5. The van der Waals surface area contributed by atoms with Crippen molar-refractivity contribution in [3.63, 3.8) is 0 Å². The van der Waals surface area contributed by atoms with E-state index in [-0.39, 0.29) is 12.3 Å². The molecule has 1 fully saturated rings. The molecule has 0 bridgehead atoms. The van der Waals surface area contributed by atoms with Crippen LogP contribution >= 0.6 is 0 Å². The molecule has 0 saturated carbocycles. The molecule has 1 aromatic carbocycles. The lowest BCUT2D eigenvalue weighted by Crippen LogP contribution is -2.32. The van der Waals surface area contributed by atoms with Crippen molar-refractivity contribution in [3.05, 3.63) is 29.8 Å². The number of aryl methyl sites for hydroxylation is 1. The van der Waals surface area contributed by atoms with Crippen LogP contribution in [-0.2, 0) is 4.74 Å². The van der Waals surface area contributed by atoms with E-state index in [1.807, 2.05) is 45.0 Å². The second kappa shape index (κ2) is 5.08. The van der Waals surface area contributed by atoms with Gasteiger partial charge in [0, 0.05) is 6.54 Å². The Bertz CT molecular complexity index is 418. The number of nitrogens with one attached hydrogen (secondary N) is 1. The molecule has 1 N–H and O–H groups in total. The summed E-state index contributed by atoms with van der Waals surface area (Å²) in [6.45, 7) is 6.70. The molecule has 92 valence electrons. The molecular formula is C13H18N2O2. The van der Waals surface area contributed by atoms with Crippen LogP contribution in [0.15, 0.2) is 29.3 Å². The molecule has 1 saturated heterocycles. The van der Waals surface area contributed by atoms with Crippen LogP contribution in [0, 0.1) is 6.92 Å². The number of aliphatic imine (C=N–C) groups is 1. The average molecular weight is 234 g/mol. The van der Waals surface area contributed by atoms with Crippen molar-refractivity contribution in [1.82, 2.24) is 5.32 Å². The number of amidine groups is 1. The number of nitrogens with zero attached hydrogens (tertiary/aromatic N) is 1. The third-order valence-corrected chi connectivity index (χ3v) is 2.63. The standard InChI is InChI=1S/C13H18N2O2/c1-4-14-13-15-10(3)12(17-13)16-11-8-6-5-7-9(11)2/h5-8,10,12H,4H2,1-3H3,(H,14,15). The fourth-order valence-electron chi connectivity index (χ4n) is 1.68. The highest BCUT2D eigenvalue weighted by Gasteiger charge is 2.31. The van der Waals surface area contributed by atoms with Crippen molar-refractivity contribution >= 4 is 6.02 Å². The highest BCUT2D eigenvalue weighted by atomic mass is 16.7. The highest BCUT2D eigenvalue weighted by molar-refractivity contribution is 5.76. The molecule has 2 unspecified atom stereocenters. The lowest BCUT2D eigenvalue weighted by Gasteiger charge is -2.16. The zero-order valence-corrected chi connectivity index (χ0v) is 10.4. The summed E-state index contributed by atoms with van der Waals surface area (Å²) < 4.78 is 11.4. The summed E-state index contributed by atoms with van der Waals surface area (Å²) in [6, 6.07) is 8.57. The Morgan fingerprint density at radius 1 is 1.41 bits per heavy atom. The first-order valence-electron chi connectivity index (χ1n) is 5.90. The van der Waals surface area contributed by atoms with Crippen LogP contribution in [0.2, 0.25) is 0 Å². The van der Waals surface area contributed by atoms with E-state index in [4.69, 9.17) is 9.47 Å². The maximum atomic E-state index is 5.83. The molecule has 0 amide bonds. The van der Waals surface area contributed by atoms with E-state index >= 15 is 0 Å². The molecule has 1 aliphatic heterocycles. The number of hydrogen-bond donors (Lipinski definition) is 1. The van der Waals surface area contributed by atoms with Gasteiger partial charge < -0.3 is 14.8 Å². The number of rotatable bonds is 3. The average Bonchev–Trinajstić information content (AvgIpc) is 2.63. The van der Waals surface area contributed by atoms with Gasteiger partial charge in [-0.25, -0.2) is 4.99 Å². The minimum atomic E-state index is -0.318. The molecule has 2 atom stereocenters. The minimum Gasteiger partial charge on any atom is -0.452 e. The molecule has 0 aromatic heterocycles. The van der Waals surface area contributed by atoms with E-state index in [1.165, 1.54) is 0 Å². The molecule has 2 rings (SSSR count). The molecule has 0 spiro atoms. The Kier molecular flexibility index (Phi) is 3.52. The summed E-state index contributed by atoms with van der Waals surface area (Å²) in [4.78, 5) is 4.19. The molecule has 1 aromatic rings. The summed E-state index contributed by atoms with van der Waals surface area (Å²) in [6.07, 6.45) is -0.318. The Morgan fingerprint density at radius 2 is 2.18 bits per heavy atom. The fourth-order valence-corrected chi connectivity index (χ4v) is 1.68. The van der Waals surface area contributed by atoms with Crippen molar-refractivity contribution in [1.29, 1.82) is 0 Å². The minimum absolute atomic E-state index is 0.0971. The first-order chi connectivity index (χ1) is 8.20. The summed E-state index contributed by atoms with van der Waals surface area (Å²) >= 11 is 0. The van der Waals surface area contributed by atoms with Gasteiger partial charge in [0.2, 0.25) is 0 Å². The number of ether oxygens (including phenoxy) is 2. The summed E-state index contributed by atoms with van der Waals surface area (Å²) in [5, 5.41) is 3.15. The Hall–Kier alpha value is -1.71. The summed E-state index contributed by atoms with van der Waals surface area (Å²) in [5.74, 6) is 0.851. The lowest BCUT2D eigenvalue weighted by molar-refractivity contribution is 0.00345. The van der Waals surface area contributed by atoms with E-state index in [0.717, 1.165) is 11.3 Å². The second-order valence-corrected chi connectivity index (χ2v) is 4.08. The van der Waals surface area contributed by atoms with Crippen LogP contribution in [0.25, 0.3) is 0 Å². The molecule has 1 heterocycles. The van der Waals surface area contributed by atoms with E-state index in [2.05, 4.69) is 10.3 Å². The van der Waals surface area contributed by atoms with E-state index in [1.54, 1.807) is 0 Å². The van der Waals surface area contributed by atoms with Gasteiger partial charge in [0.15, 0.2) is 0 Å². The fraction of sp³-hybridized carbons (Fsp3) is 0.462. The van der Waals surface area contributed by atoms with Crippen LogP contribution in [-0.4, -0.2) is 24.9 Å². The van der Waals surface area contributed by atoms with Crippen LogP contribution in [0.5, 0.6) is 5.75 Å². The van der Waals surface area contributed by atoms with Gasteiger partial charge in [0.05, 0.1) is 0 Å². The van der Waals surface area contributed by atoms with Gasteiger partial charge in [0.25, 0.3) is 12.3 Å². The van der Waals surface area contributed by atoms with Crippen molar-refractivity contribution in [3.8, 4) is 5.75 Å². The highest BCUT2D eigenvalue weighted by Crippen LogP contribution is 2.21. The zero-order valence-electron chi connectivity index (χ0n) is 10.4. The topological polar surface area (TPSA) is 42.9 Å². The van der Waals surface area contributed by atoms with Crippen LogP contribution in [0.3, 0.4) is 0 Å². The monoisotopic (exact) mass is 234 g/mol. The van der Waals surface area contributed by atoms with Crippen molar-refractivity contribution in [2.75, 3.05) is 6.54 Å². The SMILES string of the molecule is CCN=C1NC(C)C(Oc2ccccc2C)O1. The first-order valence-corrected chi connectivity index (χ1v) is 5.90. The number of benzene rings is 1. The Balaban J connectivity index is 2.05. The molecule has 0 radical (unpaired) electrons. The van der Waals surface area contributed by atoms with Crippen molar-refractivity contribution in [2.24, 2.45) is 4.99 Å². The third kappa shape index (κ3) is 2.70. The van der Waals surface area contributed by atoms with Gasteiger partial charge in [-0.1, -0.05) is 18.2 Å². The smallest absolute Gasteiger partial charge is 0.288 e. The van der Waals surface area contributed by atoms with E-state index in [0.29, 0.717) is 12.6 Å². The second-order valence-electron chi connectivity index (χ2n) is 4.08. The van der Waals surface area contributed by atoms with Gasteiger partial charge in [-0.05, 0) is 32.4 Å². The lowest BCUT2D eigenvalue weighted by atomic mass is 10.2. The molecule has 0 aliphatic carbocycles. The van der Waals surface area contributed by atoms with Gasteiger partial charge in [-0.2, -0.15) is 0 Å². The third-order valence-electron chi connectivity index (χ3n) is 2.63. The molecule has 17 heavy (non-hydrogen) atoms. The van der Waals surface area contributed by atoms with Crippen molar-refractivity contribution in [2.45, 2.75) is 33.1 Å². The van der Waals surface area contributed by atoms with Crippen molar-refractivity contribution < 1.29 is 9.47 Å². The molecule has 1 aliphatic rings. The molecule has 4 heteroatoms. The van der Waals surface area contributed by atoms with E-state index < -0.39 is 0 Å². The van der Waals surface area contributed by atoms with Crippen LogP contribution in [0.4, 0.5) is 0 Å². The van der Waals surface area contributed by atoms with Gasteiger partial charge >= 0.3 is 0 Å².